The second kappa shape index (κ2) is 9.22. The van der Waals surface area contributed by atoms with Crippen molar-refractivity contribution < 1.29 is 13.2 Å². The first kappa shape index (κ1) is 23.2. The molecule has 3 aliphatic heterocycles. The second-order valence-corrected chi connectivity index (χ2v) is 13.8. The Morgan fingerprint density at radius 2 is 2.09 bits per heavy atom. The number of para-hydroxylation sites is 1. The van der Waals surface area contributed by atoms with Crippen LogP contribution in [0.15, 0.2) is 44.9 Å². The first-order valence-corrected chi connectivity index (χ1v) is 14.4. The Labute approximate surface area is 204 Å². The van der Waals surface area contributed by atoms with Crippen molar-refractivity contribution in [3.63, 3.8) is 0 Å². The van der Waals surface area contributed by atoms with Crippen molar-refractivity contribution in [3.8, 4) is 0 Å². The number of aliphatic imine (C=N–C) groups is 1. The predicted octanol–water partition coefficient (Wildman–Crippen LogP) is 3.54. The van der Waals surface area contributed by atoms with Crippen molar-refractivity contribution in [2.45, 2.75) is 34.8 Å². The summed E-state index contributed by atoms with van der Waals surface area (Å²) >= 11 is 3.13. The zero-order valence-corrected chi connectivity index (χ0v) is 21.4. The number of sulfonamides is 1. The van der Waals surface area contributed by atoms with Crippen LogP contribution >= 0.6 is 23.1 Å². The number of thioether (sulfide) groups is 1. The van der Waals surface area contributed by atoms with E-state index in [0.29, 0.717) is 9.90 Å². The molecule has 0 spiro atoms. The van der Waals surface area contributed by atoms with Gasteiger partial charge < -0.3 is 10.1 Å². The maximum Gasteiger partial charge on any atom is 0.273 e. The normalized spacial score (nSPS) is 25.5. The summed E-state index contributed by atoms with van der Waals surface area (Å²) in [6.45, 7) is 7.89. The molecule has 0 aliphatic carbocycles. The van der Waals surface area contributed by atoms with Gasteiger partial charge in [0.25, 0.3) is 10.0 Å². The summed E-state index contributed by atoms with van der Waals surface area (Å²) in [4.78, 5) is 7.40. The molecule has 4 heterocycles. The molecule has 7 nitrogen and oxygen atoms in total. The van der Waals surface area contributed by atoms with E-state index >= 15 is 0 Å². The fourth-order valence-electron chi connectivity index (χ4n) is 4.55. The average Bonchev–Trinajstić information content (AvgIpc) is 3.57. The number of hydrogen-bond acceptors (Lipinski definition) is 8. The van der Waals surface area contributed by atoms with E-state index in [-0.39, 0.29) is 10.8 Å². The number of hydrogen-bond donors (Lipinski definition) is 1. The van der Waals surface area contributed by atoms with Gasteiger partial charge in [0, 0.05) is 31.3 Å². The van der Waals surface area contributed by atoms with Gasteiger partial charge in [0.2, 0.25) is 0 Å². The molecule has 178 valence electrons. The number of morpholine rings is 1. The van der Waals surface area contributed by atoms with Crippen molar-refractivity contribution in [2.24, 2.45) is 4.99 Å². The number of nitrogens with one attached hydrogen (secondary N) is 1. The summed E-state index contributed by atoms with van der Waals surface area (Å²) in [7, 11) is -1.95. The van der Waals surface area contributed by atoms with Crippen LogP contribution in [0.1, 0.15) is 18.9 Å². The molecule has 0 amide bonds. The van der Waals surface area contributed by atoms with Gasteiger partial charge in [0.05, 0.1) is 42.2 Å². The van der Waals surface area contributed by atoms with E-state index in [2.05, 4.69) is 23.2 Å². The zero-order chi connectivity index (χ0) is 23.1. The summed E-state index contributed by atoms with van der Waals surface area (Å²) in [5.74, 6) is 0. The smallest absolute Gasteiger partial charge is 0.273 e. The molecule has 1 aromatic carbocycles. The molecule has 2 aromatic rings. The molecule has 0 bridgehead atoms. The van der Waals surface area contributed by atoms with Gasteiger partial charge in [-0.3, -0.25) is 14.2 Å². The van der Waals surface area contributed by atoms with Gasteiger partial charge in [-0.05, 0) is 43.0 Å². The van der Waals surface area contributed by atoms with Gasteiger partial charge in [-0.15, -0.1) is 23.1 Å². The van der Waals surface area contributed by atoms with Crippen LogP contribution in [0.2, 0.25) is 0 Å². The summed E-state index contributed by atoms with van der Waals surface area (Å²) in [6, 6.07) is 9.39. The fraction of sp³-hybridized carbons (Fsp3) is 0.522. The third-order valence-electron chi connectivity index (χ3n) is 6.60. The zero-order valence-electron chi connectivity index (χ0n) is 19.0. The molecule has 1 aromatic heterocycles. The maximum absolute atomic E-state index is 13.1. The summed E-state index contributed by atoms with van der Waals surface area (Å²) < 4.78 is 33.5. The van der Waals surface area contributed by atoms with E-state index in [1.54, 1.807) is 24.6 Å². The first-order valence-electron chi connectivity index (χ1n) is 11.3. The van der Waals surface area contributed by atoms with E-state index in [4.69, 9.17) is 9.73 Å². The first-order chi connectivity index (χ1) is 15.9. The van der Waals surface area contributed by atoms with E-state index in [1.165, 1.54) is 15.6 Å². The molecule has 10 heteroatoms. The number of rotatable bonds is 7. The quantitative estimate of drug-likeness (QED) is 0.619. The van der Waals surface area contributed by atoms with E-state index in [0.717, 1.165) is 68.5 Å². The molecular formula is C23H30N4O3S3. The molecule has 1 fully saturated rings. The van der Waals surface area contributed by atoms with Crippen molar-refractivity contribution in [3.05, 3.63) is 41.3 Å². The van der Waals surface area contributed by atoms with Gasteiger partial charge >= 0.3 is 0 Å². The van der Waals surface area contributed by atoms with Crippen LogP contribution in [0.4, 0.5) is 11.4 Å². The van der Waals surface area contributed by atoms with E-state index in [1.807, 2.05) is 23.9 Å². The summed E-state index contributed by atoms with van der Waals surface area (Å²) in [5, 5.41) is 6.52. The second-order valence-electron chi connectivity index (χ2n) is 9.03. The topological polar surface area (TPSA) is 74.2 Å². The summed E-state index contributed by atoms with van der Waals surface area (Å²) in [6.07, 6.45) is 1.92. The molecule has 2 unspecified atom stereocenters. The molecule has 3 aliphatic rings. The van der Waals surface area contributed by atoms with E-state index < -0.39 is 10.0 Å². The van der Waals surface area contributed by atoms with Crippen LogP contribution < -0.4 is 9.62 Å². The minimum absolute atomic E-state index is 0.0919. The predicted molar refractivity (Wildman–Crippen MR) is 138 cm³/mol. The van der Waals surface area contributed by atoms with Crippen LogP contribution in [0, 0.1) is 0 Å². The Morgan fingerprint density at radius 1 is 1.27 bits per heavy atom. The number of thiophene rings is 1. The highest BCUT2D eigenvalue weighted by molar-refractivity contribution is 8.15. The van der Waals surface area contributed by atoms with Crippen molar-refractivity contribution in [1.29, 1.82) is 0 Å². The molecule has 5 rings (SSSR count). The minimum atomic E-state index is -3.58. The van der Waals surface area contributed by atoms with Crippen molar-refractivity contribution >= 4 is 49.5 Å². The molecule has 0 radical (unpaired) electrons. The highest BCUT2D eigenvalue weighted by Crippen LogP contribution is 2.43. The number of fused-ring (bicyclic) bond motifs is 1. The Bertz CT molecular complexity index is 1130. The molecule has 1 saturated heterocycles. The lowest BCUT2D eigenvalue weighted by atomic mass is 10.1. The van der Waals surface area contributed by atoms with Gasteiger partial charge in [0.1, 0.15) is 4.21 Å². The maximum atomic E-state index is 13.1. The largest absolute Gasteiger partial charge is 0.379 e. The number of nitrogens with zero attached hydrogens (tertiary/aromatic N) is 3. The minimum Gasteiger partial charge on any atom is -0.379 e. The number of ether oxygens (including phenoxy) is 1. The fourth-order valence-corrected chi connectivity index (χ4v) is 8.16. The monoisotopic (exact) mass is 506 g/mol. The number of anilines is 2. The van der Waals surface area contributed by atoms with Crippen LogP contribution in [0.5, 0.6) is 0 Å². The van der Waals surface area contributed by atoms with Gasteiger partial charge in [-0.2, -0.15) is 0 Å². The van der Waals surface area contributed by atoms with Crippen LogP contribution in [0.25, 0.3) is 0 Å². The SMILES string of the molecule is CN(c1cccc2c1NC(C1=NCC(C)(CCN3CCOCC3)S1)C2)S(=O)(=O)c1cccs1. The van der Waals surface area contributed by atoms with Crippen LogP contribution in [0.3, 0.4) is 0 Å². The highest BCUT2D eigenvalue weighted by atomic mass is 32.2. The molecule has 0 saturated carbocycles. The van der Waals surface area contributed by atoms with Gasteiger partial charge in [-0.25, -0.2) is 8.42 Å². The van der Waals surface area contributed by atoms with Crippen LogP contribution in [-0.2, 0) is 21.2 Å². The Balaban J connectivity index is 1.27. The lowest BCUT2D eigenvalue weighted by Crippen LogP contribution is -2.39. The third kappa shape index (κ3) is 4.68. The standard InChI is InChI=1S/C23H30N4O3S3/c1-23(8-9-27-10-12-30-13-11-27)16-24-22(32-23)18-15-17-5-3-6-19(21(17)25-18)26(2)33(28,29)20-7-4-14-31-20/h3-7,14,18,25H,8-13,15-16H2,1-2H3. The lowest BCUT2D eigenvalue weighted by molar-refractivity contribution is 0.0365. The van der Waals surface area contributed by atoms with Gasteiger partial charge in [-0.1, -0.05) is 18.2 Å². The Hall–Kier alpha value is -1.59. The Kier molecular flexibility index (Phi) is 6.47. The van der Waals surface area contributed by atoms with Gasteiger partial charge in [0.15, 0.2) is 0 Å². The third-order valence-corrected chi connectivity index (χ3v) is 11.2. The highest BCUT2D eigenvalue weighted by Gasteiger charge is 2.38. The Morgan fingerprint density at radius 3 is 2.85 bits per heavy atom. The average molecular weight is 507 g/mol. The lowest BCUT2D eigenvalue weighted by Gasteiger charge is -2.30. The molecule has 1 N–H and O–H groups in total. The molecular weight excluding hydrogens is 476 g/mol. The van der Waals surface area contributed by atoms with E-state index in [9.17, 15) is 8.42 Å². The van der Waals surface area contributed by atoms with Crippen LogP contribution in [-0.4, -0.2) is 75.6 Å². The molecule has 2 atom stereocenters. The van der Waals surface area contributed by atoms with Crippen molar-refractivity contribution in [2.75, 3.05) is 56.1 Å². The molecule has 33 heavy (non-hydrogen) atoms. The number of benzene rings is 1. The van der Waals surface area contributed by atoms with Crippen molar-refractivity contribution in [1.82, 2.24) is 4.90 Å². The summed E-state index contributed by atoms with van der Waals surface area (Å²) in [5.41, 5.74) is 2.72.